The average molecular weight is 195 g/mol. The first kappa shape index (κ1) is 10.5. The Morgan fingerprint density at radius 1 is 1.00 bits per heavy atom. The van der Waals surface area contributed by atoms with E-state index in [4.69, 9.17) is 0 Å². The molecule has 3 unspecified atom stereocenters. The Morgan fingerprint density at radius 3 is 2.29 bits per heavy atom. The molecule has 0 aromatic heterocycles. The van der Waals surface area contributed by atoms with E-state index in [2.05, 4.69) is 26.2 Å². The van der Waals surface area contributed by atoms with E-state index in [0.29, 0.717) is 5.41 Å². The first-order valence-electron chi connectivity index (χ1n) is 6.35. The largest absolute Gasteiger partial charge is 0.316 e. The fourth-order valence-electron chi connectivity index (χ4n) is 4.09. The molecule has 0 aliphatic heterocycles. The van der Waals surface area contributed by atoms with Crippen molar-refractivity contribution in [2.75, 3.05) is 7.05 Å². The molecule has 0 radical (unpaired) electrons. The molecule has 1 heteroatoms. The second-order valence-corrected chi connectivity index (χ2v) is 5.85. The normalized spacial score (nSPS) is 41.8. The molecule has 3 atom stereocenters. The number of hydrogen-bond acceptors (Lipinski definition) is 1. The van der Waals surface area contributed by atoms with Crippen LogP contribution in [0.4, 0.5) is 0 Å². The van der Waals surface area contributed by atoms with Gasteiger partial charge in [0.2, 0.25) is 0 Å². The van der Waals surface area contributed by atoms with Crippen LogP contribution >= 0.6 is 0 Å². The molecular formula is C13H25N. The van der Waals surface area contributed by atoms with Gasteiger partial charge in [0.15, 0.2) is 0 Å². The van der Waals surface area contributed by atoms with Gasteiger partial charge in [-0.1, -0.05) is 39.5 Å². The lowest BCUT2D eigenvalue weighted by molar-refractivity contribution is -0.0733. The Morgan fingerprint density at radius 2 is 1.64 bits per heavy atom. The summed E-state index contributed by atoms with van der Waals surface area (Å²) in [6.07, 6.45) is 8.84. The van der Waals surface area contributed by atoms with Crippen LogP contribution in [-0.2, 0) is 0 Å². The van der Waals surface area contributed by atoms with Crippen molar-refractivity contribution in [3.8, 4) is 0 Å². The molecule has 0 saturated heterocycles. The van der Waals surface area contributed by atoms with Crippen LogP contribution in [0.1, 0.15) is 52.4 Å². The molecule has 2 rings (SSSR count). The van der Waals surface area contributed by atoms with E-state index in [1.807, 2.05) is 0 Å². The zero-order valence-corrected chi connectivity index (χ0v) is 9.97. The molecule has 0 heterocycles. The third kappa shape index (κ3) is 1.50. The van der Waals surface area contributed by atoms with Gasteiger partial charge >= 0.3 is 0 Å². The summed E-state index contributed by atoms with van der Waals surface area (Å²) >= 11 is 0. The number of rotatable bonds is 1. The smallest absolute Gasteiger partial charge is 0.0149 e. The highest BCUT2D eigenvalue weighted by Gasteiger charge is 2.54. The van der Waals surface area contributed by atoms with Gasteiger partial charge in [-0.25, -0.2) is 0 Å². The quantitative estimate of drug-likeness (QED) is 0.677. The van der Waals surface area contributed by atoms with Crippen LogP contribution in [0.3, 0.4) is 0 Å². The molecule has 0 bridgehead atoms. The summed E-state index contributed by atoms with van der Waals surface area (Å²) in [5.41, 5.74) is 0.552. The number of hydrogen-bond donors (Lipinski definition) is 1. The maximum absolute atomic E-state index is 3.54. The SMILES string of the molecule is CNC1C2CCCCCCC2C1(C)C. The van der Waals surface area contributed by atoms with Gasteiger partial charge < -0.3 is 5.32 Å². The van der Waals surface area contributed by atoms with Gasteiger partial charge in [0.05, 0.1) is 0 Å². The zero-order valence-electron chi connectivity index (χ0n) is 9.97. The first-order valence-corrected chi connectivity index (χ1v) is 6.35. The van der Waals surface area contributed by atoms with Crippen molar-refractivity contribution in [3.63, 3.8) is 0 Å². The van der Waals surface area contributed by atoms with E-state index in [1.165, 1.54) is 38.5 Å². The van der Waals surface area contributed by atoms with Crippen molar-refractivity contribution in [2.45, 2.75) is 58.4 Å². The van der Waals surface area contributed by atoms with Gasteiger partial charge in [-0.2, -0.15) is 0 Å². The Labute approximate surface area is 88.7 Å². The lowest BCUT2D eigenvalue weighted by atomic mass is 9.49. The summed E-state index contributed by atoms with van der Waals surface area (Å²) in [4.78, 5) is 0. The minimum absolute atomic E-state index is 0.552. The van der Waals surface area contributed by atoms with Crippen LogP contribution in [-0.4, -0.2) is 13.1 Å². The lowest BCUT2D eigenvalue weighted by Crippen LogP contribution is -2.63. The maximum atomic E-state index is 3.54. The van der Waals surface area contributed by atoms with Gasteiger partial charge in [0.25, 0.3) is 0 Å². The Hall–Kier alpha value is -0.0400. The molecule has 0 amide bonds. The second-order valence-electron chi connectivity index (χ2n) is 5.85. The van der Waals surface area contributed by atoms with E-state index < -0.39 is 0 Å². The zero-order chi connectivity index (χ0) is 10.2. The van der Waals surface area contributed by atoms with E-state index >= 15 is 0 Å². The molecule has 0 aromatic carbocycles. The van der Waals surface area contributed by atoms with Crippen molar-refractivity contribution in [1.29, 1.82) is 0 Å². The fourth-order valence-corrected chi connectivity index (χ4v) is 4.09. The molecule has 2 aliphatic carbocycles. The van der Waals surface area contributed by atoms with Crippen LogP contribution in [0.2, 0.25) is 0 Å². The summed E-state index contributed by atoms with van der Waals surface area (Å²) in [7, 11) is 2.14. The van der Waals surface area contributed by atoms with Crippen LogP contribution in [0.5, 0.6) is 0 Å². The van der Waals surface area contributed by atoms with Gasteiger partial charge in [-0.05, 0) is 37.1 Å². The van der Waals surface area contributed by atoms with Gasteiger partial charge in [0, 0.05) is 6.04 Å². The van der Waals surface area contributed by atoms with Crippen LogP contribution < -0.4 is 5.32 Å². The molecule has 82 valence electrons. The lowest BCUT2D eigenvalue weighted by Gasteiger charge is -2.60. The highest BCUT2D eigenvalue weighted by Crippen LogP contribution is 2.55. The second kappa shape index (κ2) is 3.84. The summed E-state index contributed by atoms with van der Waals surface area (Å²) in [6.45, 7) is 4.91. The summed E-state index contributed by atoms with van der Waals surface area (Å²) < 4.78 is 0. The third-order valence-electron chi connectivity index (χ3n) is 4.82. The Balaban J connectivity index is 2.04. The standard InChI is InChI=1S/C13H25N/c1-13(2)11-9-7-5-4-6-8-10(11)12(13)14-3/h10-12,14H,4-9H2,1-3H3. The first-order chi connectivity index (χ1) is 6.68. The molecule has 1 nitrogen and oxygen atoms in total. The predicted octanol–water partition coefficient (Wildman–Crippen LogP) is 3.20. The third-order valence-corrected chi connectivity index (χ3v) is 4.82. The van der Waals surface area contributed by atoms with Crippen LogP contribution in [0.25, 0.3) is 0 Å². The minimum atomic E-state index is 0.552. The van der Waals surface area contributed by atoms with E-state index in [1.54, 1.807) is 0 Å². The van der Waals surface area contributed by atoms with Gasteiger partial charge in [-0.15, -0.1) is 0 Å². The molecule has 2 fully saturated rings. The summed E-state index contributed by atoms with van der Waals surface area (Å²) in [6, 6.07) is 0.783. The Kier molecular flexibility index (Phi) is 2.88. The highest BCUT2D eigenvalue weighted by atomic mass is 14.9. The van der Waals surface area contributed by atoms with Crippen LogP contribution in [0.15, 0.2) is 0 Å². The topological polar surface area (TPSA) is 12.0 Å². The Bertz CT molecular complexity index is 197. The van der Waals surface area contributed by atoms with E-state index in [0.717, 1.165) is 17.9 Å². The number of fused-ring (bicyclic) bond motifs is 1. The fraction of sp³-hybridized carbons (Fsp3) is 1.00. The average Bonchev–Trinajstić information content (AvgIpc) is 2.08. The number of nitrogens with one attached hydrogen (secondary N) is 1. The maximum Gasteiger partial charge on any atom is 0.0149 e. The van der Waals surface area contributed by atoms with Crippen molar-refractivity contribution in [1.82, 2.24) is 5.32 Å². The van der Waals surface area contributed by atoms with E-state index in [9.17, 15) is 0 Å². The summed E-state index contributed by atoms with van der Waals surface area (Å²) in [5, 5.41) is 3.54. The van der Waals surface area contributed by atoms with Gasteiger partial charge in [0.1, 0.15) is 0 Å². The minimum Gasteiger partial charge on any atom is -0.316 e. The summed E-state index contributed by atoms with van der Waals surface area (Å²) in [5.74, 6) is 1.98. The highest BCUT2D eigenvalue weighted by molar-refractivity contribution is 5.07. The molecule has 2 aliphatic rings. The predicted molar refractivity (Wildman–Crippen MR) is 61.3 cm³/mol. The molecule has 14 heavy (non-hydrogen) atoms. The molecule has 0 spiro atoms. The molecule has 0 aromatic rings. The van der Waals surface area contributed by atoms with E-state index in [-0.39, 0.29) is 0 Å². The molecule has 1 N–H and O–H groups in total. The van der Waals surface area contributed by atoms with Crippen molar-refractivity contribution < 1.29 is 0 Å². The van der Waals surface area contributed by atoms with Gasteiger partial charge in [-0.3, -0.25) is 0 Å². The monoisotopic (exact) mass is 195 g/mol. The molecule has 2 saturated carbocycles. The van der Waals surface area contributed by atoms with Crippen molar-refractivity contribution >= 4 is 0 Å². The van der Waals surface area contributed by atoms with Crippen molar-refractivity contribution in [3.05, 3.63) is 0 Å². The molecular weight excluding hydrogens is 170 g/mol. The van der Waals surface area contributed by atoms with Crippen molar-refractivity contribution in [2.24, 2.45) is 17.3 Å². The van der Waals surface area contributed by atoms with Crippen LogP contribution in [0, 0.1) is 17.3 Å².